The van der Waals surface area contributed by atoms with E-state index < -0.39 is 16.8 Å². The van der Waals surface area contributed by atoms with E-state index in [1.54, 1.807) is 4.90 Å². The third-order valence-corrected chi connectivity index (χ3v) is 2.71. The number of anilines is 1. The van der Waals surface area contributed by atoms with E-state index in [0.717, 1.165) is 12.3 Å². The largest absolute Gasteiger partial charge is 0.481 e. The van der Waals surface area contributed by atoms with Crippen LogP contribution in [0.25, 0.3) is 0 Å². The highest BCUT2D eigenvalue weighted by molar-refractivity contribution is 5.75. The van der Waals surface area contributed by atoms with Crippen LogP contribution >= 0.6 is 0 Å². The van der Waals surface area contributed by atoms with Crippen LogP contribution in [0.3, 0.4) is 0 Å². The molecule has 0 aliphatic carbocycles. The molecule has 0 saturated carbocycles. The second-order valence-electron chi connectivity index (χ2n) is 3.87. The van der Waals surface area contributed by atoms with E-state index in [0.29, 0.717) is 5.82 Å². The van der Waals surface area contributed by atoms with Gasteiger partial charge in [0.25, 0.3) is 5.69 Å². The van der Waals surface area contributed by atoms with Crippen LogP contribution in [0.1, 0.15) is 5.56 Å². The molecule has 0 amide bonds. The molecule has 0 unspecified atom stereocenters. The second-order valence-corrected chi connectivity index (χ2v) is 3.87. The van der Waals surface area contributed by atoms with Gasteiger partial charge in [-0.3, -0.25) is 14.9 Å². The monoisotopic (exact) mass is 248 g/mol. The number of nitro groups is 1. The molecule has 1 aliphatic rings. The predicted molar refractivity (Wildman–Crippen MR) is 58.9 cm³/mol. The summed E-state index contributed by atoms with van der Waals surface area (Å²) < 4.78 is 0. The molecule has 1 fully saturated rings. The lowest BCUT2D eigenvalue weighted by atomic mass is 10.00. The van der Waals surface area contributed by atoms with Gasteiger partial charge in [0, 0.05) is 19.2 Å². The van der Waals surface area contributed by atoms with E-state index in [4.69, 9.17) is 10.4 Å². The van der Waals surface area contributed by atoms with Crippen molar-refractivity contribution in [3.05, 3.63) is 27.9 Å². The summed E-state index contributed by atoms with van der Waals surface area (Å²) in [5.74, 6) is -1.08. The van der Waals surface area contributed by atoms with Crippen molar-refractivity contribution in [2.24, 2.45) is 5.92 Å². The Hall–Kier alpha value is -2.69. The smallest absolute Gasteiger partial charge is 0.310 e. The first kappa shape index (κ1) is 11.8. The summed E-state index contributed by atoms with van der Waals surface area (Å²) in [5, 5.41) is 28.2. The Morgan fingerprint density at radius 2 is 2.33 bits per heavy atom. The minimum absolute atomic E-state index is 0.0769. The van der Waals surface area contributed by atoms with Gasteiger partial charge >= 0.3 is 5.97 Å². The average molecular weight is 248 g/mol. The number of carboxylic acids is 1. The zero-order valence-corrected chi connectivity index (χ0v) is 9.11. The van der Waals surface area contributed by atoms with Crippen molar-refractivity contribution >= 4 is 17.5 Å². The Kier molecular flexibility index (Phi) is 2.81. The molecule has 2 heterocycles. The van der Waals surface area contributed by atoms with E-state index in [-0.39, 0.29) is 24.3 Å². The van der Waals surface area contributed by atoms with Crippen LogP contribution in [0.15, 0.2) is 12.3 Å². The Bertz CT molecular complexity index is 559. The Morgan fingerprint density at radius 3 is 2.83 bits per heavy atom. The molecule has 0 atom stereocenters. The number of nitrogens with zero attached hydrogens (tertiary/aromatic N) is 4. The number of pyridine rings is 1. The molecule has 1 aromatic rings. The second kappa shape index (κ2) is 4.29. The fraction of sp³-hybridized carbons (Fsp3) is 0.300. The number of aliphatic carboxylic acids is 1. The zero-order valence-electron chi connectivity index (χ0n) is 9.11. The standard InChI is InChI=1S/C10H8N4O4/c11-2-6-1-8(14(17)18)3-12-9(6)13-4-7(5-13)10(15)16/h1,3,7H,4-5H2,(H,15,16). The van der Waals surface area contributed by atoms with E-state index in [9.17, 15) is 14.9 Å². The van der Waals surface area contributed by atoms with Crippen LogP contribution in [0.4, 0.5) is 11.5 Å². The number of hydrogen-bond acceptors (Lipinski definition) is 6. The van der Waals surface area contributed by atoms with Gasteiger partial charge in [-0.1, -0.05) is 0 Å². The summed E-state index contributed by atoms with van der Waals surface area (Å²) in [6.45, 7) is 0.518. The molecule has 1 aliphatic heterocycles. The quantitative estimate of drug-likeness (QED) is 0.606. The summed E-state index contributed by atoms with van der Waals surface area (Å²) in [6.07, 6.45) is 1.06. The first-order chi connectivity index (χ1) is 8.52. The molecule has 92 valence electrons. The molecule has 8 nitrogen and oxygen atoms in total. The molecule has 0 bridgehead atoms. The van der Waals surface area contributed by atoms with Crippen LogP contribution in [-0.4, -0.2) is 34.1 Å². The van der Waals surface area contributed by atoms with Crippen molar-refractivity contribution in [1.29, 1.82) is 5.26 Å². The maximum atomic E-state index is 10.7. The van der Waals surface area contributed by atoms with Crippen molar-refractivity contribution in [1.82, 2.24) is 4.98 Å². The molecule has 2 rings (SSSR count). The molecule has 0 radical (unpaired) electrons. The SMILES string of the molecule is N#Cc1cc([N+](=O)[O-])cnc1N1CC(C(=O)O)C1. The van der Waals surface area contributed by atoms with Crippen LogP contribution in [0.2, 0.25) is 0 Å². The molecule has 0 aromatic carbocycles. The van der Waals surface area contributed by atoms with Crippen LogP contribution in [-0.2, 0) is 4.79 Å². The summed E-state index contributed by atoms with van der Waals surface area (Å²) in [7, 11) is 0. The fourth-order valence-electron chi connectivity index (χ4n) is 1.69. The summed E-state index contributed by atoms with van der Waals surface area (Å²) >= 11 is 0. The first-order valence-corrected chi connectivity index (χ1v) is 5.05. The predicted octanol–water partition coefficient (Wildman–Crippen LogP) is 0.382. The molecule has 8 heteroatoms. The summed E-state index contributed by atoms with van der Waals surface area (Å²) in [6, 6.07) is 2.96. The van der Waals surface area contributed by atoms with Crippen molar-refractivity contribution < 1.29 is 14.8 Å². The van der Waals surface area contributed by atoms with Gasteiger partial charge in [0.05, 0.1) is 10.8 Å². The number of carboxylic acid groups (broad SMARTS) is 1. The molecule has 1 aromatic heterocycles. The number of nitriles is 1. The molecule has 18 heavy (non-hydrogen) atoms. The Balaban J connectivity index is 2.23. The van der Waals surface area contributed by atoms with Gasteiger partial charge in [-0.05, 0) is 0 Å². The van der Waals surface area contributed by atoms with E-state index in [2.05, 4.69) is 4.98 Å². The Morgan fingerprint density at radius 1 is 1.67 bits per heavy atom. The van der Waals surface area contributed by atoms with Gasteiger partial charge in [-0.2, -0.15) is 5.26 Å². The highest BCUT2D eigenvalue weighted by Gasteiger charge is 2.34. The number of aromatic nitrogens is 1. The molecular formula is C10H8N4O4. The minimum atomic E-state index is -0.897. The van der Waals surface area contributed by atoms with Crippen LogP contribution < -0.4 is 4.90 Å². The van der Waals surface area contributed by atoms with Gasteiger partial charge < -0.3 is 10.0 Å². The first-order valence-electron chi connectivity index (χ1n) is 5.05. The van der Waals surface area contributed by atoms with Crippen LogP contribution in [0, 0.1) is 27.4 Å². The highest BCUT2D eigenvalue weighted by atomic mass is 16.6. The topological polar surface area (TPSA) is 120 Å². The highest BCUT2D eigenvalue weighted by Crippen LogP contribution is 2.27. The summed E-state index contributed by atoms with van der Waals surface area (Å²) in [4.78, 5) is 26.0. The van der Waals surface area contributed by atoms with Gasteiger partial charge in [-0.25, -0.2) is 4.98 Å². The lowest BCUT2D eigenvalue weighted by Gasteiger charge is -2.37. The van der Waals surface area contributed by atoms with Crippen molar-refractivity contribution in [3.8, 4) is 6.07 Å². The third-order valence-electron chi connectivity index (χ3n) is 2.71. The lowest BCUT2D eigenvalue weighted by Crippen LogP contribution is -2.51. The summed E-state index contributed by atoms with van der Waals surface area (Å²) in [5.41, 5.74) is -0.182. The van der Waals surface area contributed by atoms with Crippen molar-refractivity contribution in [2.75, 3.05) is 18.0 Å². The van der Waals surface area contributed by atoms with Gasteiger partial charge in [0.2, 0.25) is 0 Å². The fourth-order valence-corrected chi connectivity index (χ4v) is 1.69. The number of hydrogen-bond donors (Lipinski definition) is 1. The zero-order chi connectivity index (χ0) is 13.3. The van der Waals surface area contributed by atoms with Gasteiger partial charge in [-0.15, -0.1) is 0 Å². The number of rotatable bonds is 3. The maximum Gasteiger partial charge on any atom is 0.310 e. The van der Waals surface area contributed by atoms with Gasteiger partial charge in [0.1, 0.15) is 23.6 Å². The van der Waals surface area contributed by atoms with Crippen molar-refractivity contribution in [3.63, 3.8) is 0 Å². The maximum absolute atomic E-state index is 10.7. The average Bonchev–Trinajstić information content (AvgIpc) is 2.26. The van der Waals surface area contributed by atoms with E-state index in [1.807, 2.05) is 6.07 Å². The van der Waals surface area contributed by atoms with E-state index in [1.165, 1.54) is 0 Å². The van der Waals surface area contributed by atoms with Crippen molar-refractivity contribution in [2.45, 2.75) is 0 Å². The number of carbonyl (C=O) groups is 1. The van der Waals surface area contributed by atoms with Crippen LogP contribution in [0.5, 0.6) is 0 Å². The third kappa shape index (κ3) is 1.93. The van der Waals surface area contributed by atoms with Gasteiger partial charge in [0.15, 0.2) is 0 Å². The molecular weight excluding hydrogens is 240 g/mol. The van der Waals surface area contributed by atoms with E-state index >= 15 is 0 Å². The minimum Gasteiger partial charge on any atom is -0.481 e. The Labute approximate surface area is 101 Å². The molecule has 1 saturated heterocycles. The normalized spacial score (nSPS) is 14.7. The molecule has 0 spiro atoms. The lowest BCUT2D eigenvalue weighted by molar-refractivity contribution is -0.385. The molecule has 1 N–H and O–H groups in total.